The second-order valence-corrected chi connectivity index (χ2v) is 9.55. The van der Waals surface area contributed by atoms with Gasteiger partial charge < -0.3 is 14.3 Å². The van der Waals surface area contributed by atoms with Crippen LogP contribution >= 0.6 is 0 Å². The third-order valence-electron chi connectivity index (χ3n) is 6.71. The molecule has 6 heteroatoms. The molecule has 0 spiro atoms. The van der Waals surface area contributed by atoms with Gasteiger partial charge in [0.2, 0.25) is 0 Å². The molecule has 0 atom stereocenters. The Balaban J connectivity index is 1.56. The minimum atomic E-state index is -0.134. The molecule has 0 unspecified atom stereocenters. The second-order valence-electron chi connectivity index (χ2n) is 9.55. The lowest BCUT2D eigenvalue weighted by Gasteiger charge is -2.13. The van der Waals surface area contributed by atoms with Crippen LogP contribution in [0.2, 0.25) is 0 Å². The standard InChI is InChI=1S/C32H23N3O3/c1-18(2)37-32-34-30(23-13-7-8-14-25(23)36)33-31(35-32)24-17-27-29(22-12-6-5-11-21(22)24)28-20-10-4-3-9-19(20)15-16-26(28)38-27/h3-18,36H,1-2H3. The molecule has 7 rings (SSSR count). The van der Waals surface area contributed by atoms with Gasteiger partial charge in [0.05, 0.1) is 11.7 Å². The first-order chi connectivity index (χ1) is 18.6. The topological polar surface area (TPSA) is 81.3 Å². The monoisotopic (exact) mass is 497 g/mol. The van der Waals surface area contributed by atoms with Crippen LogP contribution < -0.4 is 4.74 Å². The van der Waals surface area contributed by atoms with E-state index in [-0.39, 0.29) is 17.9 Å². The largest absolute Gasteiger partial charge is 0.507 e. The van der Waals surface area contributed by atoms with Gasteiger partial charge in [-0.3, -0.25) is 0 Å². The van der Waals surface area contributed by atoms with E-state index in [1.165, 1.54) is 0 Å². The summed E-state index contributed by atoms with van der Waals surface area (Å²) in [5, 5.41) is 17.0. The number of aromatic nitrogens is 3. The molecule has 0 aliphatic carbocycles. The van der Waals surface area contributed by atoms with Gasteiger partial charge in [-0.2, -0.15) is 9.97 Å². The van der Waals surface area contributed by atoms with Crippen LogP contribution in [0.5, 0.6) is 11.8 Å². The first-order valence-corrected chi connectivity index (χ1v) is 12.5. The summed E-state index contributed by atoms with van der Waals surface area (Å²) in [6, 6.07) is 29.9. The molecule has 0 saturated carbocycles. The first-order valence-electron chi connectivity index (χ1n) is 12.5. The van der Waals surface area contributed by atoms with E-state index in [9.17, 15) is 5.11 Å². The smallest absolute Gasteiger partial charge is 0.320 e. The number of hydrogen-bond acceptors (Lipinski definition) is 6. The van der Waals surface area contributed by atoms with E-state index in [1.807, 2.05) is 50.2 Å². The molecule has 0 saturated heterocycles. The summed E-state index contributed by atoms with van der Waals surface area (Å²) < 4.78 is 12.3. The number of phenolic OH excluding ortho intramolecular Hbond substituents is 1. The summed E-state index contributed by atoms with van der Waals surface area (Å²) in [6.45, 7) is 3.84. The third kappa shape index (κ3) is 3.53. The third-order valence-corrected chi connectivity index (χ3v) is 6.71. The molecule has 0 radical (unpaired) electrons. The summed E-state index contributed by atoms with van der Waals surface area (Å²) in [7, 11) is 0. The first kappa shape index (κ1) is 22.2. The molecule has 0 amide bonds. The molecule has 5 aromatic carbocycles. The maximum atomic E-state index is 10.5. The molecule has 38 heavy (non-hydrogen) atoms. The lowest BCUT2D eigenvalue weighted by Crippen LogP contribution is -2.10. The average molecular weight is 498 g/mol. The Bertz CT molecular complexity index is 2010. The van der Waals surface area contributed by atoms with Gasteiger partial charge in [0.15, 0.2) is 11.6 Å². The summed E-state index contributed by atoms with van der Waals surface area (Å²) in [5.74, 6) is 0.866. The molecule has 0 fully saturated rings. The Morgan fingerprint density at radius 2 is 1.32 bits per heavy atom. The number of hydrogen-bond donors (Lipinski definition) is 1. The maximum absolute atomic E-state index is 10.5. The molecule has 184 valence electrons. The van der Waals surface area contributed by atoms with Gasteiger partial charge in [0, 0.05) is 16.3 Å². The van der Waals surface area contributed by atoms with Crippen LogP contribution in [0, 0.1) is 0 Å². The number of phenols is 1. The summed E-state index contributed by atoms with van der Waals surface area (Å²) in [6.07, 6.45) is -0.134. The minimum absolute atomic E-state index is 0.0876. The molecule has 0 aliphatic rings. The van der Waals surface area contributed by atoms with E-state index in [2.05, 4.69) is 41.4 Å². The van der Waals surface area contributed by atoms with Crippen LogP contribution in [0.1, 0.15) is 13.8 Å². The van der Waals surface area contributed by atoms with E-state index >= 15 is 0 Å². The molecule has 2 heterocycles. The zero-order chi connectivity index (χ0) is 25.8. The highest BCUT2D eigenvalue weighted by molar-refractivity contribution is 6.28. The van der Waals surface area contributed by atoms with E-state index in [0.29, 0.717) is 17.2 Å². The zero-order valence-electron chi connectivity index (χ0n) is 20.8. The van der Waals surface area contributed by atoms with Crippen molar-refractivity contribution in [3.8, 4) is 34.5 Å². The molecule has 6 nitrogen and oxygen atoms in total. The van der Waals surface area contributed by atoms with Gasteiger partial charge in [-0.15, -0.1) is 0 Å². The summed E-state index contributed by atoms with van der Waals surface area (Å²) in [4.78, 5) is 14.0. The zero-order valence-corrected chi connectivity index (χ0v) is 20.8. The average Bonchev–Trinajstić information content (AvgIpc) is 3.32. The van der Waals surface area contributed by atoms with E-state index in [1.54, 1.807) is 18.2 Å². The van der Waals surface area contributed by atoms with E-state index in [0.717, 1.165) is 49.0 Å². The number of benzene rings is 5. The molecule has 7 aromatic rings. The van der Waals surface area contributed by atoms with Crippen LogP contribution in [0.25, 0.3) is 66.3 Å². The number of aromatic hydroxyl groups is 1. The number of para-hydroxylation sites is 1. The fraction of sp³-hybridized carbons (Fsp3) is 0.0938. The van der Waals surface area contributed by atoms with Crippen LogP contribution in [0.4, 0.5) is 0 Å². The molecular weight excluding hydrogens is 474 g/mol. The van der Waals surface area contributed by atoms with Crippen molar-refractivity contribution in [3.63, 3.8) is 0 Å². The number of ether oxygens (including phenoxy) is 1. The van der Waals surface area contributed by atoms with Gasteiger partial charge in [-0.1, -0.05) is 66.7 Å². The van der Waals surface area contributed by atoms with Crippen LogP contribution in [0.3, 0.4) is 0 Å². The number of furan rings is 1. The van der Waals surface area contributed by atoms with Gasteiger partial charge >= 0.3 is 6.01 Å². The Labute approximate surface area is 218 Å². The van der Waals surface area contributed by atoms with Crippen LogP contribution in [-0.4, -0.2) is 26.2 Å². The molecule has 1 N–H and O–H groups in total. The number of nitrogens with zero attached hydrogens (tertiary/aromatic N) is 3. The fourth-order valence-electron chi connectivity index (χ4n) is 5.11. The fourth-order valence-corrected chi connectivity index (χ4v) is 5.11. The normalized spacial score (nSPS) is 11.8. The van der Waals surface area contributed by atoms with Crippen molar-refractivity contribution in [3.05, 3.63) is 91.0 Å². The van der Waals surface area contributed by atoms with Gasteiger partial charge in [0.1, 0.15) is 16.9 Å². The molecule has 2 aromatic heterocycles. The van der Waals surface area contributed by atoms with Gasteiger partial charge in [-0.05, 0) is 59.7 Å². The highest BCUT2D eigenvalue weighted by Crippen LogP contribution is 2.42. The summed E-state index contributed by atoms with van der Waals surface area (Å²) in [5.41, 5.74) is 2.88. The number of fused-ring (bicyclic) bond motifs is 7. The Kier molecular flexibility index (Phi) is 5.01. The molecular formula is C32H23N3O3. The van der Waals surface area contributed by atoms with E-state index in [4.69, 9.17) is 19.1 Å². The summed E-state index contributed by atoms with van der Waals surface area (Å²) >= 11 is 0. The highest BCUT2D eigenvalue weighted by Gasteiger charge is 2.20. The van der Waals surface area contributed by atoms with Crippen molar-refractivity contribution in [2.45, 2.75) is 20.0 Å². The van der Waals surface area contributed by atoms with Crippen LogP contribution in [0.15, 0.2) is 95.4 Å². The molecule has 0 bridgehead atoms. The number of rotatable bonds is 4. The maximum Gasteiger partial charge on any atom is 0.320 e. The van der Waals surface area contributed by atoms with Crippen molar-refractivity contribution in [1.82, 2.24) is 15.0 Å². The van der Waals surface area contributed by atoms with Crippen molar-refractivity contribution >= 4 is 43.5 Å². The minimum Gasteiger partial charge on any atom is -0.507 e. The predicted octanol–water partition coefficient (Wildman–Crippen LogP) is 7.90. The quantitative estimate of drug-likeness (QED) is 0.266. The van der Waals surface area contributed by atoms with Crippen molar-refractivity contribution in [2.75, 3.05) is 0 Å². The lowest BCUT2D eigenvalue weighted by molar-refractivity contribution is 0.222. The predicted molar refractivity (Wildman–Crippen MR) is 150 cm³/mol. The lowest BCUT2D eigenvalue weighted by atomic mass is 9.96. The Morgan fingerprint density at radius 3 is 2.11 bits per heavy atom. The van der Waals surface area contributed by atoms with Gasteiger partial charge in [0.25, 0.3) is 0 Å². The Hall–Kier alpha value is -4.97. The SMILES string of the molecule is CC(C)Oc1nc(-c2ccccc2O)nc(-c2cc3oc4ccc5ccccc5c4c3c3ccccc23)n1. The highest BCUT2D eigenvalue weighted by atomic mass is 16.5. The van der Waals surface area contributed by atoms with Crippen LogP contribution in [-0.2, 0) is 0 Å². The van der Waals surface area contributed by atoms with Crippen molar-refractivity contribution in [2.24, 2.45) is 0 Å². The second kappa shape index (κ2) is 8.56. The van der Waals surface area contributed by atoms with E-state index < -0.39 is 0 Å². The van der Waals surface area contributed by atoms with Gasteiger partial charge in [-0.25, -0.2) is 4.98 Å². The molecule has 0 aliphatic heterocycles. The Morgan fingerprint density at radius 1 is 0.658 bits per heavy atom. The van der Waals surface area contributed by atoms with Crippen molar-refractivity contribution in [1.29, 1.82) is 0 Å². The van der Waals surface area contributed by atoms with Crippen molar-refractivity contribution < 1.29 is 14.3 Å².